The van der Waals surface area contributed by atoms with Crippen LogP contribution in [0.4, 0.5) is 5.69 Å². The first-order valence-corrected chi connectivity index (χ1v) is 15.1. The van der Waals surface area contributed by atoms with Gasteiger partial charge in [0, 0.05) is 19.2 Å². The Kier molecular flexibility index (Phi) is 11.6. The van der Waals surface area contributed by atoms with E-state index in [0.717, 1.165) is 22.7 Å². The highest BCUT2D eigenvalue weighted by molar-refractivity contribution is 7.92. The van der Waals surface area contributed by atoms with E-state index in [-0.39, 0.29) is 23.0 Å². The molecule has 3 aromatic rings. The Labute approximate surface area is 243 Å². The van der Waals surface area contributed by atoms with E-state index in [1.807, 2.05) is 26.0 Å². The number of hydrogen-bond donors (Lipinski definition) is 1. The summed E-state index contributed by atoms with van der Waals surface area (Å²) in [5, 5.41) is 2.93. The molecule has 41 heavy (non-hydrogen) atoms. The van der Waals surface area contributed by atoms with Crippen LogP contribution in [0.25, 0.3) is 0 Å². The van der Waals surface area contributed by atoms with Crippen molar-refractivity contribution in [2.45, 2.75) is 50.6 Å². The van der Waals surface area contributed by atoms with E-state index in [1.165, 1.54) is 24.1 Å². The molecule has 0 heterocycles. The monoisotopic (exact) mass is 581 g/mol. The first-order chi connectivity index (χ1) is 19.7. The maximum Gasteiger partial charge on any atom is 0.264 e. The van der Waals surface area contributed by atoms with Crippen molar-refractivity contribution >= 4 is 27.5 Å². The van der Waals surface area contributed by atoms with Crippen LogP contribution in [-0.2, 0) is 26.2 Å². The van der Waals surface area contributed by atoms with Gasteiger partial charge in [0.1, 0.15) is 24.1 Å². The fourth-order valence-electron chi connectivity index (χ4n) is 4.37. The van der Waals surface area contributed by atoms with E-state index in [0.29, 0.717) is 24.5 Å². The number of unbranched alkanes of at least 4 members (excludes halogenated alkanes) is 1. The van der Waals surface area contributed by atoms with Crippen molar-refractivity contribution in [2.75, 3.05) is 31.6 Å². The molecule has 9 nitrogen and oxygen atoms in total. The number of rotatable bonds is 15. The zero-order valence-corrected chi connectivity index (χ0v) is 24.9. The molecule has 0 bridgehead atoms. The second-order valence-corrected chi connectivity index (χ2v) is 11.3. The van der Waals surface area contributed by atoms with Gasteiger partial charge < -0.3 is 19.7 Å². The SMILES string of the molecule is CCCCNC(=O)[C@@H](CC)N(Cc1ccc(OC)cc1)C(=O)CN(c1cccc(OC)c1)S(=O)(=O)c1ccccc1. The van der Waals surface area contributed by atoms with Crippen LogP contribution in [0.2, 0.25) is 0 Å². The van der Waals surface area contributed by atoms with Crippen LogP contribution >= 0.6 is 0 Å². The Morgan fingerprint density at radius 3 is 2.17 bits per heavy atom. The molecular weight excluding hydrogens is 542 g/mol. The van der Waals surface area contributed by atoms with Crippen molar-refractivity contribution in [1.82, 2.24) is 10.2 Å². The van der Waals surface area contributed by atoms with Gasteiger partial charge in [-0.2, -0.15) is 0 Å². The number of benzene rings is 3. The van der Waals surface area contributed by atoms with Gasteiger partial charge in [0.25, 0.3) is 10.0 Å². The number of carbonyl (C=O) groups excluding carboxylic acids is 2. The summed E-state index contributed by atoms with van der Waals surface area (Å²) in [6.45, 7) is 3.95. The lowest BCUT2D eigenvalue weighted by Crippen LogP contribution is -2.52. The average molecular weight is 582 g/mol. The van der Waals surface area contributed by atoms with E-state index in [2.05, 4.69) is 5.32 Å². The van der Waals surface area contributed by atoms with Crippen LogP contribution in [0.5, 0.6) is 11.5 Å². The summed E-state index contributed by atoms with van der Waals surface area (Å²) in [6.07, 6.45) is 2.08. The quantitative estimate of drug-likeness (QED) is 0.263. The molecule has 0 saturated heterocycles. The predicted octanol–water partition coefficient (Wildman–Crippen LogP) is 4.62. The number of methoxy groups -OCH3 is 2. The largest absolute Gasteiger partial charge is 0.497 e. The second-order valence-electron chi connectivity index (χ2n) is 9.46. The molecule has 3 rings (SSSR count). The lowest BCUT2D eigenvalue weighted by molar-refractivity contribution is -0.140. The zero-order chi connectivity index (χ0) is 29.8. The van der Waals surface area contributed by atoms with Crippen molar-refractivity contribution in [3.05, 3.63) is 84.4 Å². The van der Waals surface area contributed by atoms with Gasteiger partial charge in [-0.3, -0.25) is 13.9 Å². The Bertz CT molecular complexity index is 1380. The minimum atomic E-state index is -4.15. The fourth-order valence-corrected chi connectivity index (χ4v) is 5.79. The molecule has 0 spiro atoms. The predicted molar refractivity (Wildman–Crippen MR) is 160 cm³/mol. The van der Waals surface area contributed by atoms with Crippen molar-refractivity contribution in [3.63, 3.8) is 0 Å². The molecule has 0 unspecified atom stereocenters. The maximum absolute atomic E-state index is 14.1. The molecule has 0 aromatic heterocycles. The third-order valence-electron chi connectivity index (χ3n) is 6.68. The normalized spacial score (nSPS) is 11.8. The highest BCUT2D eigenvalue weighted by Gasteiger charge is 2.33. The van der Waals surface area contributed by atoms with Gasteiger partial charge in [-0.05, 0) is 54.8 Å². The standard InChI is InChI=1S/C31H39N3O6S/c1-5-7-20-32-31(36)29(6-2)33(22-24-16-18-26(39-3)19-17-24)30(35)23-34(25-12-11-13-27(21-25)40-4)41(37,38)28-14-9-8-10-15-28/h8-19,21,29H,5-7,20,22-23H2,1-4H3,(H,32,36)/t29-/m1/s1. The van der Waals surface area contributed by atoms with Gasteiger partial charge in [0.15, 0.2) is 0 Å². The summed E-state index contributed by atoms with van der Waals surface area (Å²) in [5.74, 6) is 0.316. The maximum atomic E-state index is 14.1. The van der Waals surface area contributed by atoms with E-state index in [4.69, 9.17) is 9.47 Å². The Balaban J connectivity index is 2.03. The van der Waals surface area contributed by atoms with Crippen molar-refractivity contribution < 1.29 is 27.5 Å². The molecule has 0 aliphatic carbocycles. The van der Waals surface area contributed by atoms with Gasteiger partial charge in [-0.1, -0.05) is 56.7 Å². The summed E-state index contributed by atoms with van der Waals surface area (Å²) in [4.78, 5) is 28.9. The molecule has 0 radical (unpaired) electrons. The zero-order valence-electron chi connectivity index (χ0n) is 24.1. The number of amides is 2. The summed E-state index contributed by atoms with van der Waals surface area (Å²) in [5.41, 5.74) is 1.05. The number of sulfonamides is 1. The van der Waals surface area contributed by atoms with Gasteiger partial charge >= 0.3 is 0 Å². The van der Waals surface area contributed by atoms with Crippen LogP contribution in [0.1, 0.15) is 38.7 Å². The summed E-state index contributed by atoms with van der Waals surface area (Å²) < 4.78 is 39.4. The first-order valence-electron chi connectivity index (χ1n) is 13.7. The molecule has 1 atom stereocenters. The van der Waals surface area contributed by atoms with Crippen LogP contribution < -0.4 is 19.1 Å². The molecule has 0 saturated carbocycles. The van der Waals surface area contributed by atoms with E-state index >= 15 is 0 Å². The lowest BCUT2D eigenvalue weighted by atomic mass is 10.1. The third-order valence-corrected chi connectivity index (χ3v) is 8.47. The molecule has 0 aliphatic heterocycles. The highest BCUT2D eigenvalue weighted by atomic mass is 32.2. The molecule has 10 heteroatoms. The molecule has 220 valence electrons. The number of nitrogens with one attached hydrogen (secondary N) is 1. The lowest BCUT2D eigenvalue weighted by Gasteiger charge is -2.33. The summed E-state index contributed by atoms with van der Waals surface area (Å²) in [6, 6.07) is 20.9. The van der Waals surface area contributed by atoms with Crippen molar-refractivity contribution in [3.8, 4) is 11.5 Å². The van der Waals surface area contributed by atoms with Gasteiger partial charge in [-0.15, -0.1) is 0 Å². The number of nitrogens with zero attached hydrogens (tertiary/aromatic N) is 2. The second kappa shape index (κ2) is 15.1. The minimum Gasteiger partial charge on any atom is -0.497 e. The van der Waals surface area contributed by atoms with Crippen LogP contribution in [0.15, 0.2) is 83.8 Å². The minimum absolute atomic E-state index is 0.0432. The van der Waals surface area contributed by atoms with Crippen LogP contribution in [-0.4, -0.2) is 58.5 Å². The molecule has 3 aromatic carbocycles. The Hall–Kier alpha value is -4.05. The first kappa shape index (κ1) is 31.5. The van der Waals surface area contributed by atoms with E-state index < -0.39 is 28.5 Å². The molecule has 0 aliphatic rings. The topological polar surface area (TPSA) is 105 Å². The number of anilines is 1. The number of hydrogen-bond acceptors (Lipinski definition) is 6. The smallest absolute Gasteiger partial charge is 0.264 e. The Morgan fingerprint density at radius 2 is 1.56 bits per heavy atom. The van der Waals surface area contributed by atoms with E-state index in [9.17, 15) is 18.0 Å². The molecular formula is C31H39N3O6S. The van der Waals surface area contributed by atoms with Crippen molar-refractivity contribution in [1.29, 1.82) is 0 Å². The van der Waals surface area contributed by atoms with Crippen LogP contribution in [0, 0.1) is 0 Å². The molecule has 1 N–H and O–H groups in total. The Morgan fingerprint density at radius 1 is 0.878 bits per heavy atom. The van der Waals surface area contributed by atoms with E-state index in [1.54, 1.807) is 61.7 Å². The fraction of sp³-hybridized carbons (Fsp3) is 0.355. The summed E-state index contributed by atoms with van der Waals surface area (Å²) >= 11 is 0. The number of ether oxygens (including phenoxy) is 2. The highest BCUT2D eigenvalue weighted by Crippen LogP contribution is 2.28. The third kappa shape index (κ3) is 8.23. The molecule has 2 amide bonds. The van der Waals surface area contributed by atoms with Gasteiger partial charge in [-0.25, -0.2) is 8.42 Å². The molecule has 0 fully saturated rings. The average Bonchev–Trinajstić information content (AvgIpc) is 3.00. The van der Waals surface area contributed by atoms with Gasteiger partial charge in [0.05, 0.1) is 24.8 Å². The van der Waals surface area contributed by atoms with Crippen molar-refractivity contribution in [2.24, 2.45) is 0 Å². The van der Waals surface area contributed by atoms with Crippen LogP contribution in [0.3, 0.4) is 0 Å². The van der Waals surface area contributed by atoms with Gasteiger partial charge in [0.2, 0.25) is 11.8 Å². The number of carbonyl (C=O) groups is 2. The summed E-state index contributed by atoms with van der Waals surface area (Å²) in [7, 11) is -1.09.